The van der Waals surface area contributed by atoms with Crippen LogP contribution in [0.3, 0.4) is 0 Å². The molecule has 0 radical (unpaired) electrons. The largest absolute Gasteiger partial charge is 0.276 e. The molecule has 1 N–H and O–H groups in total. The van der Waals surface area contributed by atoms with E-state index in [1.165, 1.54) is 29.2 Å². The molecule has 5 nitrogen and oxygen atoms in total. The highest BCUT2D eigenvalue weighted by Crippen LogP contribution is 2.30. The lowest BCUT2D eigenvalue weighted by Crippen LogP contribution is -2.17. The molecule has 2 aromatic carbocycles. The number of rotatable bonds is 5. The highest BCUT2D eigenvalue weighted by Gasteiger charge is 2.24. The average molecular weight is 436 g/mol. The molecule has 3 aromatic rings. The van der Waals surface area contributed by atoms with Crippen molar-refractivity contribution in [3.63, 3.8) is 0 Å². The second-order valence-electron chi connectivity index (χ2n) is 7.19. The second kappa shape index (κ2) is 7.80. The minimum absolute atomic E-state index is 0.0913. The number of benzene rings is 2. The van der Waals surface area contributed by atoms with Gasteiger partial charge in [-0.2, -0.15) is 5.10 Å². The molecular formula is C21H23ClFN3O2S. The molecule has 0 unspecified atom stereocenters. The quantitative estimate of drug-likeness (QED) is 0.608. The van der Waals surface area contributed by atoms with E-state index < -0.39 is 15.8 Å². The number of nitrogens with one attached hydrogen (secondary N) is 1. The van der Waals surface area contributed by atoms with Crippen LogP contribution in [0.4, 0.5) is 10.1 Å². The zero-order valence-corrected chi connectivity index (χ0v) is 18.5. The van der Waals surface area contributed by atoms with Crippen molar-refractivity contribution >= 4 is 27.3 Å². The Bertz CT molecular complexity index is 1150. The molecule has 0 atom stereocenters. The number of nitrogens with zero attached hydrogens (tertiary/aromatic N) is 2. The zero-order chi connectivity index (χ0) is 21.5. The smallest absolute Gasteiger partial charge is 0.262 e. The van der Waals surface area contributed by atoms with Crippen molar-refractivity contribution in [3.8, 4) is 0 Å². The van der Waals surface area contributed by atoms with E-state index in [0.717, 1.165) is 27.8 Å². The van der Waals surface area contributed by atoms with Gasteiger partial charge >= 0.3 is 0 Å². The third kappa shape index (κ3) is 4.02. The van der Waals surface area contributed by atoms with Gasteiger partial charge in [0, 0.05) is 16.8 Å². The Kier molecular flexibility index (Phi) is 5.74. The zero-order valence-electron chi connectivity index (χ0n) is 17.0. The topological polar surface area (TPSA) is 64.0 Å². The van der Waals surface area contributed by atoms with Gasteiger partial charge in [-0.15, -0.1) is 0 Å². The average Bonchev–Trinajstić information content (AvgIpc) is 3.07. The maximum Gasteiger partial charge on any atom is 0.262 e. The second-order valence-corrected chi connectivity index (χ2v) is 9.21. The van der Waals surface area contributed by atoms with Crippen LogP contribution in [-0.2, 0) is 16.6 Å². The lowest BCUT2D eigenvalue weighted by molar-refractivity contribution is 0.585. The Balaban J connectivity index is 1.92. The Hall–Kier alpha value is -2.38. The van der Waals surface area contributed by atoms with Gasteiger partial charge in [-0.05, 0) is 74.6 Å². The molecule has 0 saturated heterocycles. The maximum absolute atomic E-state index is 14.0. The number of hydrogen-bond acceptors (Lipinski definition) is 3. The van der Waals surface area contributed by atoms with Crippen LogP contribution in [0.1, 0.15) is 33.4 Å². The lowest BCUT2D eigenvalue weighted by Gasteiger charge is -2.19. The number of anilines is 1. The molecule has 0 saturated carbocycles. The normalized spacial score (nSPS) is 11.7. The predicted octanol–water partition coefficient (Wildman–Crippen LogP) is 5.07. The van der Waals surface area contributed by atoms with Gasteiger partial charge in [0.1, 0.15) is 5.82 Å². The molecule has 0 bridgehead atoms. The molecule has 0 aliphatic carbocycles. The summed E-state index contributed by atoms with van der Waals surface area (Å²) in [6.45, 7) is 9.55. The van der Waals surface area contributed by atoms with Crippen LogP contribution >= 0.6 is 11.6 Å². The molecule has 0 aliphatic heterocycles. The summed E-state index contributed by atoms with van der Waals surface area (Å²) in [5, 5.41) is 4.42. The molecular weight excluding hydrogens is 413 g/mol. The van der Waals surface area contributed by atoms with E-state index in [4.69, 9.17) is 11.6 Å². The van der Waals surface area contributed by atoms with Crippen molar-refractivity contribution in [1.82, 2.24) is 9.78 Å². The summed E-state index contributed by atoms with van der Waals surface area (Å²) in [4.78, 5) is 0.281. The van der Waals surface area contributed by atoms with E-state index in [1.807, 2.05) is 34.6 Å². The van der Waals surface area contributed by atoms with Crippen LogP contribution < -0.4 is 4.72 Å². The fraction of sp³-hybridized carbons (Fsp3) is 0.286. The summed E-state index contributed by atoms with van der Waals surface area (Å²) >= 11 is 6.06. The molecule has 29 heavy (non-hydrogen) atoms. The van der Waals surface area contributed by atoms with Crippen molar-refractivity contribution in [2.75, 3.05) is 4.72 Å². The molecule has 1 aromatic heterocycles. The van der Waals surface area contributed by atoms with Crippen LogP contribution in [0.2, 0.25) is 5.02 Å². The molecule has 3 rings (SSSR count). The van der Waals surface area contributed by atoms with E-state index in [0.29, 0.717) is 16.3 Å². The lowest BCUT2D eigenvalue weighted by atomic mass is 9.95. The van der Waals surface area contributed by atoms with Gasteiger partial charge in [-0.25, -0.2) is 12.8 Å². The van der Waals surface area contributed by atoms with Gasteiger partial charge in [0.05, 0.1) is 23.3 Å². The highest BCUT2D eigenvalue weighted by molar-refractivity contribution is 7.92. The van der Waals surface area contributed by atoms with Crippen molar-refractivity contribution < 1.29 is 12.8 Å². The van der Waals surface area contributed by atoms with Gasteiger partial charge < -0.3 is 0 Å². The predicted molar refractivity (Wildman–Crippen MR) is 114 cm³/mol. The van der Waals surface area contributed by atoms with Crippen molar-refractivity contribution in [1.29, 1.82) is 0 Å². The summed E-state index contributed by atoms with van der Waals surface area (Å²) in [5.74, 6) is -0.438. The first kappa shape index (κ1) is 21.3. The third-order valence-corrected chi connectivity index (χ3v) is 7.48. The Morgan fingerprint density at radius 1 is 1.03 bits per heavy atom. The fourth-order valence-corrected chi connectivity index (χ4v) is 5.28. The third-order valence-electron chi connectivity index (χ3n) is 5.47. The van der Waals surface area contributed by atoms with E-state index in [-0.39, 0.29) is 11.4 Å². The monoisotopic (exact) mass is 435 g/mol. The van der Waals surface area contributed by atoms with E-state index >= 15 is 0 Å². The number of sulfonamides is 1. The number of halogens is 2. The summed E-state index contributed by atoms with van der Waals surface area (Å²) < 4.78 is 44.2. The van der Waals surface area contributed by atoms with Crippen LogP contribution in [0, 0.1) is 40.4 Å². The summed E-state index contributed by atoms with van der Waals surface area (Å²) in [6.07, 6.45) is 2.91. The van der Waals surface area contributed by atoms with Crippen molar-refractivity contribution in [2.24, 2.45) is 0 Å². The molecule has 154 valence electrons. The summed E-state index contributed by atoms with van der Waals surface area (Å²) in [5.41, 5.74) is 5.05. The fourth-order valence-electron chi connectivity index (χ4n) is 3.42. The van der Waals surface area contributed by atoms with E-state index in [1.54, 1.807) is 6.07 Å². The summed E-state index contributed by atoms with van der Waals surface area (Å²) in [6, 6.07) is 4.45. The van der Waals surface area contributed by atoms with Crippen LogP contribution in [0.25, 0.3) is 0 Å². The molecule has 0 spiro atoms. The Morgan fingerprint density at radius 2 is 1.62 bits per heavy atom. The van der Waals surface area contributed by atoms with Crippen molar-refractivity contribution in [2.45, 2.75) is 46.1 Å². The maximum atomic E-state index is 14.0. The molecule has 0 amide bonds. The first-order valence-corrected chi connectivity index (χ1v) is 10.9. The summed E-state index contributed by atoms with van der Waals surface area (Å²) in [7, 11) is -3.82. The molecule has 0 fully saturated rings. The number of aromatic nitrogens is 2. The van der Waals surface area contributed by atoms with Gasteiger partial charge in [-0.1, -0.05) is 17.7 Å². The molecule has 8 heteroatoms. The van der Waals surface area contributed by atoms with Gasteiger partial charge in [-0.3, -0.25) is 9.40 Å². The van der Waals surface area contributed by atoms with Crippen LogP contribution in [0.5, 0.6) is 0 Å². The minimum Gasteiger partial charge on any atom is -0.276 e. The molecule has 1 heterocycles. The Labute approximate surface area is 175 Å². The highest BCUT2D eigenvalue weighted by atomic mass is 35.5. The van der Waals surface area contributed by atoms with Gasteiger partial charge in [0.2, 0.25) is 0 Å². The number of hydrogen-bond donors (Lipinski definition) is 1. The SMILES string of the molecule is Cc1c(C)c(C)c(S(=O)(=O)Nc2cnn(Cc3c(F)cccc3Cl)c2)c(C)c1C. The minimum atomic E-state index is -3.82. The Morgan fingerprint density at radius 3 is 2.21 bits per heavy atom. The van der Waals surface area contributed by atoms with Crippen LogP contribution in [-0.4, -0.2) is 18.2 Å². The van der Waals surface area contributed by atoms with Crippen molar-refractivity contribution in [3.05, 3.63) is 74.8 Å². The van der Waals surface area contributed by atoms with Crippen LogP contribution in [0.15, 0.2) is 35.5 Å². The van der Waals surface area contributed by atoms with E-state index in [2.05, 4.69) is 9.82 Å². The van der Waals surface area contributed by atoms with Gasteiger partial charge in [0.25, 0.3) is 10.0 Å². The first-order chi connectivity index (χ1) is 13.5. The van der Waals surface area contributed by atoms with Gasteiger partial charge in [0.15, 0.2) is 0 Å². The first-order valence-electron chi connectivity index (χ1n) is 9.08. The molecule has 0 aliphatic rings. The standard InChI is InChI=1S/C21H23ClFN3O2S/c1-12-13(2)15(4)21(16(5)14(12)3)29(27,28)25-17-9-24-26(10-17)11-18-19(22)7-6-8-20(18)23/h6-10,25H,11H2,1-5H3. The van der Waals surface area contributed by atoms with E-state index in [9.17, 15) is 12.8 Å².